The van der Waals surface area contributed by atoms with Crippen molar-refractivity contribution in [2.45, 2.75) is 4.90 Å². The first-order valence-electron chi connectivity index (χ1n) is 10.6. The van der Waals surface area contributed by atoms with Crippen LogP contribution in [-0.4, -0.2) is 31.1 Å². The standard InChI is InChI=1S/C26H17N3O5S/c27-15-20-23(17-9-3-1-4-10-17)24(18-11-5-2-6-12-18)34-25(20)28-22(30)16-29-26(31)19-13-7-8-14-21(19)35(29,32)33/h1-14H,16H2,(H,28,30). The topological polar surface area (TPSA) is 120 Å². The van der Waals surface area contributed by atoms with Crippen LogP contribution in [0.4, 0.5) is 5.88 Å². The Hall–Kier alpha value is -4.68. The summed E-state index contributed by atoms with van der Waals surface area (Å²) in [7, 11) is -4.16. The van der Waals surface area contributed by atoms with Crippen molar-refractivity contribution >= 4 is 27.7 Å². The number of hydrogen-bond acceptors (Lipinski definition) is 6. The molecule has 1 aliphatic rings. The molecule has 0 spiro atoms. The van der Waals surface area contributed by atoms with E-state index in [0.29, 0.717) is 26.8 Å². The van der Waals surface area contributed by atoms with Gasteiger partial charge in [0.05, 0.1) is 5.56 Å². The SMILES string of the molecule is N#Cc1c(NC(=O)CN2C(=O)c3ccccc3S2(=O)=O)oc(-c2ccccc2)c1-c1ccccc1. The maximum absolute atomic E-state index is 12.9. The fourth-order valence-electron chi connectivity index (χ4n) is 3.98. The molecule has 0 fully saturated rings. The number of hydrogen-bond donors (Lipinski definition) is 1. The first-order valence-corrected chi connectivity index (χ1v) is 12.0. The third-order valence-electron chi connectivity index (χ3n) is 5.57. The molecular formula is C26H17N3O5S. The second-order valence-corrected chi connectivity index (χ2v) is 9.55. The van der Waals surface area contributed by atoms with E-state index in [4.69, 9.17) is 4.42 Å². The molecule has 0 aliphatic carbocycles. The molecule has 5 rings (SSSR count). The van der Waals surface area contributed by atoms with Gasteiger partial charge in [0.1, 0.15) is 28.8 Å². The van der Waals surface area contributed by atoms with Crippen LogP contribution >= 0.6 is 0 Å². The Bertz CT molecular complexity index is 1600. The van der Waals surface area contributed by atoms with Crippen molar-refractivity contribution in [3.8, 4) is 28.5 Å². The number of rotatable bonds is 5. The summed E-state index contributed by atoms with van der Waals surface area (Å²) >= 11 is 0. The third kappa shape index (κ3) is 3.76. The van der Waals surface area contributed by atoms with E-state index in [1.165, 1.54) is 18.2 Å². The summed E-state index contributed by atoms with van der Waals surface area (Å²) in [5.74, 6) is -1.36. The van der Waals surface area contributed by atoms with E-state index in [2.05, 4.69) is 11.4 Å². The summed E-state index contributed by atoms with van der Waals surface area (Å²) in [6, 6.07) is 26.1. The van der Waals surface area contributed by atoms with E-state index in [-0.39, 0.29) is 21.9 Å². The van der Waals surface area contributed by atoms with Gasteiger partial charge in [-0.15, -0.1) is 0 Å². The quantitative estimate of drug-likeness (QED) is 0.453. The molecule has 1 aliphatic heterocycles. The second-order valence-electron chi connectivity index (χ2n) is 7.72. The predicted molar refractivity (Wildman–Crippen MR) is 128 cm³/mol. The third-order valence-corrected chi connectivity index (χ3v) is 7.36. The molecule has 2 amide bonds. The van der Waals surface area contributed by atoms with Crippen LogP contribution in [-0.2, 0) is 14.8 Å². The average molecular weight is 484 g/mol. The number of amides is 2. The maximum atomic E-state index is 12.9. The summed E-state index contributed by atoms with van der Waals surface area (Å²) in [6.45, 7) is -0.761. The summed E-state index contributed by atoms with van der Waals surface area (Å²) in [5, 5.41) is 12.4. The maximum Gasteiger partial charge on any atom is 0.269 e. The van der Waals surface area contributed by atoms with Gasteiger partial charge in [0.2, 0.25) is 11.8 Å². The lowest BCUT2D eigenvalue weighted by Crippen LogP contribution is -2.37. The van der Waals surface area contributed by atoms with Gasteiger partial charge in [-0.2, -0.15) is 5.26 Å². The van der Waals surface area contributed by atoms with Crippen molar-refractivity contribution in [1.29, 1.82) is 5.26 Å². The highest BCUT2D eigenvalue weighted by Gasteiger charge is 2.42. The Kier molecular flexibility index (Phi) is 5.43. The number of carbonyl (C=O) groups is 2. The molecule has 2 heterocycles. The monoisotopic (exact) mass is 483 g/mol. The average Bonchev–Trinajstić information content (AvgIpc) is 3.33. The van der Waals surface area contributed by atoms with Gasteiger partial charge in [-0.1, -0.05) is 72.8 Å². The van der Waals surface area contributed by atoms with E-state index < -0.39 is 28.4 Å². The minimum Gasteiger partial charge on any atom is -0.438 e. The van der Waals surface area contributed by atoms with Crippen LogP contribution < -0.4 is 5.32 Å². The smallest absolute Gasteiger partial charge is 0.269 e. The number of nitrogens with one attached hydrogen (secondary N) is 1. The predicted octanol–water partition coefficient (Wildman–Crippen LogP) is 4.27. The largest absolute Gasteiger partial charge is 0.438 e. The number of sulfonamides is 1. The molecule has 0 radical (unpaired) electrons. The highest BCUT2D eigenvalue weighted by Crippen LogP contribution is 2.41. The van der Waals surface area contributed by atoms with Crippen LogP contribution in [0.5, 0.6) is 0 Å². The zero-order valence-electron chi connectivity index (χ0n) is 18.1. The van der Waals surface area contributed by atoms with E-state index in [1.807, 2.05) is 60.7 Å². The molecule has 1 N–H and O–H groups in total. The molecule has 4 aromatic rings. The van der Waals surface area contributed by atoms with Crippen molar-refractivity contribution in [1.82, 2.24) is 4.31 Å². The van der Waals surface area contributed by atoms with Crippen LogP contribution in [0.25, 0.3) is 22.5 Å². The van der Waals surface area contributed by atoms with Crippen molar-refractivity contribution in [3.05, 3.63) is 96.1 Å². The zero-order chi connectivity index (χ0) is 24.6. The molecule has 0 unspecified atom stereocenters. The van der Waals surface area contributed by atoms with Crippen molar-refractivity contribution in [2.75, 3.05) is 11.9 Å². The molecular weight excluding hydrogens is 466 g/mol. The molecule has 0 saturated heterocycles. The van der Waals surface area contributed by atoms with Gasteiger partial charge in [-0.3, -0.25) is 14.9 Å². The van der Waals surface area contributed by atoms with Gasteiger partial charge in [0.25, 0.3) is 15.9 Å². The molecule has 1 aromatic heterocycles. The summed E-state index contributed by atoms with van der Waals surface area (Å²) < 4.78 is 32.0. The van der Waals surface area contributed by atoms with E-state index in [9.17, 15) is 23.3 Å². The van der Waals surface area contributed by atoms with Crippen molar-refractivity contribution in [2.24, 2.45) is 0 Å². The Morgan fingerprint density at radius 1 is 0.914 bits per heavy atom. The van der Waals surface area contributed by atoms with Crippen molar-refractivity contribution < 1.29 is 22.4 Å². The first-order chi connectivity index (χ1) is 16.9. The molecule has 35 heavy (non-hydrogen) atoms. The lowest BCUT2D eigenvalue weighted by molar-refractivity contribution is -0.116. The van der Waals surface area contributed by atoms with Gasteiger partial charge in [0.15, 0.2) is 0 Å². The summed E-state index contributed by atoms with van der Waals surface area (Å²) in [5.41, 5.74) is 1.99. The molecule has 0 atom stereocenters. The number of benzene rings is 3. The summed E-state index contributed by atoms with van der Waals surface area (Å²) in [4.78, 5) is 25.4. The number of furan rings is 1. The van der Waals surface area contributed by atoms with Crippen LogP contribution in [0.15, 0.2) is 94.2 Å². The molecule has 3 aromatic carbocycles. The number of nitriles is 1. The molecule has 8 nitrogen and oxygen atoms in total. The van der Waals surface area contributed by atoms with Gasteiger partial charge in [-0.05, 0) is 17.7 Å². The number of fused-ring (bicyclic) bond motifs is 1. The zero-order valence-corrected chi connectivity index (χ0v) is 19.0. The number of anilines is 1. The molecule has 9 heteroatoms. The fraction of sp³-hybridized carbons (Fsp3) is 0.0385. The number of nitrogens with zero attached hydrogens (tertiary/aromatic N) is 2. The molecule has 0 saturated carbocycles. The first kappa shape index (κ1) is 22.1. The lowest BCUT2D eigenvalue weighted by atomic mass is 9.98. The Morgan fingerprint density at radius 2 is 1.51 bits per heavy atom. The van der Waals surface area contributed by atoms with Crippen LogP contribution in [0.1, 0.15) is 15.9 Å². The van der Waals surface area contributed by atoms with Crippen LogP contribution in [0.2, 0.25) is 0 Å². The number of carbonyl (C=O) groups excluding carboxylic acids is 2. The van der Waals surface area contributed by atoms with E-state index in [0.717, 1.165) is 0 Å². The fourth-order valence-corrected chi connectivity index (χ4v) is 5.51. The van der Waals surface area contributed by atoms with Gasteiger partial charge in [0, 0.05) is 11.1 Å². The molecule has 0 bridgehead atoms. The highest BCUT2D eigenvalue weighted by atomic mass is 32.2. The Balaban J connectivity index is 1.51. The Labute approximate surface area is 201 Å². The normalized spacial score (nSPS) is 13.8. The highest BCUT2D eigenvalue weighted by molar-refractivity contribution is 7.90. The Morgan fingerprint density at radius 3 is 2.14 bits per heavy atom. The van der Waals surface area contributed by atoms with Crippen LogP contribution in [0, 0.1) is 11.3 Å². The van der Waals surface area contributed by atoms with E-state index in [1.54, 1.807) is 6.07 Å². The van der Waals surface area contributed by atoms with Gasteiger partial charge < -0.3 is 4.42 Å². The summed E-state index contributed by atoms with van der Waals surface area (Å²) in [6.07, 6.45) is 0. The second kappa shape index (κ2) is 8.59. The van der Waals surface area contributed by atoms with Crippen molar-refractivity contribution in [3.63, 3.8) is 0 Å². The lowest BCUT2D eigenvalue weighted by Gasteiger charge is -2.14. The van der Waals surface area contributed by atoms with E-state index >= 15 is 0 Å². The minimum atomic E-state index is -4.16. The molecule has 172 valence electrons. The minimum absolute atomic E-state index is 0.00809. The van der Waals surface area contributed by atoms with Crippen LogP contribution in [0.3, 0.4) is 0 Å². The van der Waals surface area contributed by atoms with Gasteiger partial charge >= 0.3 is 0 Å². The van der Waals surface area contributed by atoms with Gasteiger partial charge in [-0.25, -0.2) is 12.7 Å².